The van der Waals surface area contributed by atoms with Crippen molar-refractivity contribution in [2.75, 3.05) is 11.8 Å². The van der Waals surface area contributed by atoms with Crippen LogP contribution in [0.4, 0.5) is 5.69 Å². The molecule has 0 fully saturated rings. The molecule has 6 nitrogen and oxygen atoms in total. The lowest BCUT2D eigenvalue weighted by atomic mass is 10.1. The van der Waals surface area contributed by atoms with Gasteiger partial charge < -0.3 is 10.3 Å². The number of sulfonamides is 1. The van der Waals surface area contributed by atoms with Crippen LogP contribution in [-0.4, -0.2) is 25.4 Å². The lowest BCUT2D eigenvalue weighted by Gasteiger charge is -2.13. The van der Waals surface area contributed by atoms with E-state index >= 15 is 0 Å². The molecule has 1 unspecified atom stereocenters. The molecular weight excluding hydrogens is 288 g/mol. The predicted octanol–water partition coefficient (Wildman–Crippen LogP) is 2.05. The largest absolute Gasteiger partial charge is 0.332 e. The molecule has 2 rings (SSSR count). The van der Waals surface area contributed by atoms with Gasteiger partial charge in [-0.25, -0.2) is 4.98 Å². The van der Waals surface area contributed by atoms with Crippen molar-refractivity contribution < 1.29 is 8.42 Å². The first kappa shape index (κ1) is 15.5. The quantitative estimate of drug-likeness (QED) is 0.762. The summed E-state index contributed by atoms with van der Waals surface area (Å²) in [5, 5.41) is 3.20. The van der Waals surface area contributed by atoms with Gasteiger partial charge in [0.05, 0.1) is 6.20 Å². The van der Waals surface area contributed by atoms with Crippen molar-refractivity contribution in [3.63, 3.8) is 0 Å². The molecule has 3 N–H and O–H groups in total. The first-order valence-corrected chi connectivity index (χ1v) is 8.28. The third kappa shape index (κ3) is 3.62. The number of aromatic amines is 1. The zero-order valence-corrected chi connectivity index (χ0v) is 13.2. The fourth-order valence-corrected chi connectivity index (χ4v) is 2.90. The SMILES string of the molecule is CCc1ncc(S(=O)(=O)Nc2cccc(C(C)NC)c2)[nH]1. The van der Waals surface area contributed by atoms with Gasteiger partial charge in [-0.2, -0.15) is 8.42 Å². The van der Waals surface area contributed by atoms with Crippen LogP contribution in [0, 0.1) is 0 Å². The van der Waals surface area contributed by atoms with Crippen LogP contribution in [0.25, 0.3) is 0 Å². The van der Waals surface area contributed by atoms with E-state index in [4.69, 9.17) is 0 Å². The summed E-state index contributed by atoms with van der Waals surface area (Å²) >= 11 is 0. The van der Waals surface area contributed by atoms with E-state index in [1.807, 2.05) is 39.1 Å². The van der Waals surface area contributed by atoms with E-state index in [0.717, 1.165) is 5.56 Å². The first-order chi connectivity index (χ1) is 9.96. The van der Waals surface area contributed by atoms with Crippen molar-refractivity contribution in [1.29, 1.82) is 0 Å². The molecule has 0 radical (unpaired) electrons. The van der Waals surface area contributed by atoms with Gasteiger partial charge >= 0.3 is 0 Å². The third-order valence-corrected chi connectivity index (χ3v) is 4.59. The normalized spacial score (nSPS) is 13.1. The van der Waals surface area contributed by atoms with E-state index in [-0.39, 0.29) is 11.1 Å². The minimum atomic E-state index is -3.64. The monoisotopic (exact) mass is 308 g/mol. The van der Waals surface area contributed by atoms with Gasteiger partial charge in [-0.3, -0.25) is 4.72 Å². The van der Waals surface area contributed by atoms with E-state index in [9.17, 15) is 8.42 Å². The molecular formula is C14H20N4O2S. The van der Waals surface area contributed by atoms with Crippen LogP contribution in [0.5, 0.6) is 0 Å². The number of rotatable bonds is 6. The Morgan fingerprint density at radius 2 is 2.14 bits per heavy atom. The molecule has 1 aromatic carbocycles. The predicted molar refractivity (Wildman–Crippen MR) is 82.7 cm³/mol. The lowest BCUT2D eigenvalue weighted by Crippen LogP contribution is -2.15. The smallest absolute Gasteiger partial charge is 0.278 e. The second-order valence-electron chi connectivity index (χ2n) is 4.79. The standard InChI is InChI=1S/C14H20N4O2S/c1-4-13-16-9-14(17-13)21(19,20)18-12-7-5-6-11(8-12)10(2)15-3/h5-10,15,18H,4H2,1-3H3,(H,16,17). The van der Waals surface area contributed by atoms with Crippen LogP contribution in [-0.2, 0) is 16.4 Å². The van der Waals surface area contributed by atoms with Crippen LogP contribution in [0.1, 0.15) is 31.3 Å². The Bertz CT molecular complexity index is 709. The summed E-state index contributed by atoms with van der Waals surface area (Å²) in [6, 6.07) is 7.46. The molecule has 0 saturated carbocycles. The Kier molecular flexibility index (Phi) is 4.64. The second-order valence-corrected chi connectivity index (χ2v) is 6.44. The van der Waals surface area contributed by atoms with Crippen molar-refractivity contribution in [2.45, 2.75) is 31.3 Å². The van der Waals surface area contributed by atoms with E-state index in [1.54, 1.807) is 6.07 Å². The van der Waals surface area contributed by atoms with Gasteiger partial charge in [0, 0.05) is 18.2 Å². The topological polar surface area (TPSA) is 86.9 Å². The minimum Gasteiger partial charge on any atom is -0.332 e. The molecule has 1 atom stereocenters. The molecule has 0 bridgehead atoms. The third-order valence-electron chi connectivity index (χ3n) is 3.30. The highest BCUT2D eigenvalue weighted by atomic mass is 32.2. The molecule has 7 heteroatoms. The number of imidazole rings is 1. The van der Waals surface area contributed by atoms with Gasteiger partial charge in [0.1, 0.15) is 5.82 Å². The Balaban J connectivity index is 2.24. The van der Waals surface area contributed by atoms with E-state index in [1.165, 1.54) is 6.20 Å². The maximum Gasteiger partial charge on any atom is 0.278 e. The lowest BCUT2D eigenvalue weighted by molar-refractivity contribution is 0.598. The van der Waals surface area contributed by atoms with Gasteiger partial charge in [-0.15, -0.1) is 0 Å². The zero-order chi connectivity index (χ0) is 15.5. The number of nitrogens with one attached hydrogen (secondary N) is 3. The number of aryl methyl sites for hydroxylation is 1. The maximum atomic E-state index is 12.3. The number of benzene rings is 1. The Labute approximate surface area is 125 Å². The van der Waals surface area contributed by atoms with Gasteiger partial charge in [-0.05, 0) is 31.7 Å². The Morgan fingerprint density at radius 3 is 2.76 bits per heavy atom. The van der Waals surface area contributed by atoms with Crippen molar-refractivity contribution in [1.82, 2.24) is 15.3 Å². The van der Waals surface area contributed by atoms with Gasteiger partial charge in [0.2, 0.25) is 0 Å². The van der Waals surface area contributed by atoms with Crippen molar-refractivity contribution in [2.24, 2.45) is 0 Å². The minimum absolute atomic E-state index is 0.0754. The number of hydrogen-bond acceptors (Lipinski definition) is 4. The number of hydrogen-bond donors (Lipinski definition) is 3. The van der Waals surface area contributed by atoms with Crippen LogP contribution in [0.3, 0.4) is 0 Å². The van der Waals surface area contributed by atoms with Crippen LogP contribution in [0.2, 0.25) is 0 Å². The number of nitrogens with zero attached hydrogens (tertiary/aromatic N) is 1. The second kappa shape index (κ2) is 6.28. The van der Waals surface area contributed by atoms with Crippen molar-refractivity contribution in [3.05, 3.63) is 41.9 Å². The highest BCUT2D eigenvalue weighted by Crippen LogP contribution is 2.19. The van der Waals surface area contributed by atoms with E-state index in [0.29, 0.717) is 17.9 Å². The molecule has 0 amide bonds. The molecule has 0 aliphatic carbocycles. The van der Waals surface area contributed by atoms with Gasteiger partial charge in [0.15, 0.2) is 5.03 Å². The fraction of sp³-hybridized carbons (Fsp3) is 0.357. The molecule has 114 valence electrons. The van der Waals surface area contributed by atoms with Crippen LogP contribution >= 0.6 is 0 Å². The molecule has 0 aliphatic rings. The molecule has 0 aliphatic heterocycles. The maximum absolute atomic E-state index is 12.3. The summed E-state index contributed by atoms with van der Waals surface area (Å²) < 4.78 is 27.1. The van der Waals surface area contributed by atoms with E-state index < -0.39 is 10.0 Å². The van der Waals surface area contributed by atoms with Crippen molar-refractivity contribution in [3.8, 4) is 0 Å². The molecule has 0 spiro atoms. The molecule has 1 heterocycles. The number of anilines is 1. The van der Waals surface area contributed by atoms with Crippen LogP contribution in [0.15, 0.2) is 35.5 Å². The number of H-pyrrole nitrogens is 1. The van der Waals surface area contributed by atoms with Crippen LogP contribution < -0.4 is 10.0 Å². The average Bonchev–Trinajstić information content (AvgIpc) is 2.96. The Hall–Kier alpha value is -1.86. The van der Waals surface area contributed by atoms with Gasteiger partial charge in [0.25, 0.3) is 10.0 Å². The highest BCUT2D eigenvalue weighted by Gasteiger charge is 2.17. The molecule has 0 saturated heterocycles. The summed E-state index contributed by atoms with van der Waals surface area (Å²) in [5.41, 5.74) is 1.54. The van der Waals surface area contributed by atoms with Gasteiger partial charge in [-0.1, -0.05) is 19.1 Å². The highest BCUT2D eigenvalue weighted by molar-refractivity contribution is 7.92. The molecule has 21 heavy (non-hydrogen) atoms. The average molecular weight is 308 g/mol. The van der Waals surface area contributed by atoms with Crippen molar-refractivity contribution >= 4 is 15.7 Å². The first-order valence-electron chi connectivity index (χ1n) is 6.80. The summed E-state index contributed by atoms with van der Waals surface area (Å²) in [7, 11) is -1.78. The fourth-order valence-electron chi connectivity index (χ4n) is 1.91. The zero-order valence-electron chi connectivity index (χ0n) is 12.3. The number of aromatic nitrogens is 2. The summed E-state index contributed by atoms with van der Waals surface area (Å²) in [6.45, 7) is 3.92. The van der Waals surface area contributed by atoms with E-state index in [2.05, 4.69) is 20.0 Å². The molecule has 2 aromatic rings. The summed E-state index contributed by atoms with van der Waals surface area (Å²) in [4.78, 5) is 6.81. The Morgan fingerprint density at radius 1 is 1.38 bits per heavy atom. The molecule has 1 aromatic heterocycles. The summed E-state index contributed by atoms with van der Waals surface area (Å²) in [5.74, 6) is 0.646. The summed E-state index contributed by atoms with van der Waals surface area (Å²) in [6.07, 6.45) is 1.99.